The lowest BCUT2D eigenvalue weighted by atomic mass is 10.2. The molecular weight excluding hydrogens is 414 g/mol. The smallest absolute Gasteiger partial charge is 0.258 e. The molecule has 0 unspecified atom stereocenters. The molecule has 0 bridgehead atoms. The quantitative estimate of drug-likeness (QED) is 0.750. The van der Waals surface area contributed by atoms with E-state index in [0.717, 1.165) is 14.2 Å². The van der Waals surface area contributed by atoms with Crippen molar-refractivity contribution in [3.63, 3.8) is 0 Å². The standard InChI is InChI=1S/C12H7BrFIN2O/c13-9-2-1-7(15)5-11(9)17-12(18)8-3-4-16-6-10(8)14/h1-6H,(H,17,18). The van der Waals surface area contributed by atoms with E-state index in [2.05, 4.69) is 48.8 Å². The zero-order chi connectivity index (χ0) is 13.1. The molecule has 2 rings (SSSR count). The molecule has 18 heavy (non-hydrogen) atoms. The van der Waals surface area contributed by atoms with Crippen molar-refractivity contribution in [2.75, 3.05) is 5.32 Å². The van der Waals surface area contributed by atoms with Crippen LogP contribution in [0.15, 0.2) is 41.1 Å². The summed E-state index contributed by atoms with van der Waals surface area (Å²) < 4.78 is 15.1. The van der Waals surface area contributed by atoms with Crippen molar-refractivity contribution in [3.05, 3.63) is 56.1 Å². The van der Waals surface area contributed by atoms with Gasteiger partial charge in [-0.05, 0) is 62.8 Å². The summed E-state index contributed by atoms with van der Waals surface area (Å²) in [6, 6.07) is 6.85. The van der Waals surface area contributed by atoms with E-state index >= 15 is 0 Å². The van der Waals surface area contributed by atoms with E-state index in [9.17, 15) is 9.18 Å². The zero-order valence-electron chi connectivity index (χ0n) is 8.95. The monoisotopic (exact) mass is 420 g/mol. The lowest BCUT2D eigenvalue weighted by Crippen LogP contribution is -2.14. The summed E-state index contributed by atoms with van der Waals surface area (Å²) in [4.78, 5) is 15.5. The van der Waals surface area contributed by atoms with Crippen LogP contribution in [-0.4, -0.2) is 10.9 Å². The van der Waals surface area contributed by atoms with Crippen molar-refractivity contribution in [2.45, 2.75) is 0 Å². The van der Waals surface area contributed by atoms with Crippen LogP contribution < -0.4 is 5.32 Å². The Morgan fingerprint density at radius 3 is 2.89 bits per heavy atom. The van der Waals surface area contributed by atoms with E-state index < -0.39 is 11.7 Å². The molecule has 0 saturated heterocycles. The van der Waals surface area contributed by atoms with Crippen LogP contribution in [-0.2, 0) is 0 Å². The minimum Gasteiger partial charge on any atom is -0.321 e. The number of amides is 1. The number of aromatic nitrogens is 1. The van der Waals surface area contributed by atoms with Gasteiger partial charge in [0.25, 0.3) is 5.91 Å². The lowest BCUT2D eigenvalue weighted by Gasteiger charge is -2.08. The van der Waals surface area contributed by atoms with Crippen LogP contribution >= 0.6 is 38.5 Å². The third kappa shape index (κ3) is 3.05. The van der Waals surface area contributed by atoms with E-state index in [1.165, 1.54) is 12.3 Å². The molecular formula is C12H7BrFIN2O. The Balaban J connectivity index is 2.27. The summed E-state index contributed by atoms with van der Waals surface area (Å²) in [5.74, 6) is -1.14. The van der Waals surface area contributed by atoms with Crippen LogP contribution in [0, 0.1) is 9.39 Å². The fourth-order valence-electron chi connectivity index (χ4n) is 1.34. The zero-order valence-corrected chi connectivity index (χ0v) is 12.7. The number of anilines is 1. The SMILES string of the molecule is O=C(Nc1cc(I)ccc1Br)c1ccncc1F. The number of carbonyl (C=O) groups is 1. The van der Waals surface area contributed by atoms with E-state index in [1.54, 1.807) is 6.07 Å². The maximum atomic E-state index is 13.4. The van der Waals surface area contributed by atoms with Crippen LogP contribution in [0.25, 0.3) is 0 Å². The number of pyridine rings is 1. The number of benzene rings is 1. The molecule has 1 N–H and O–H groups in total. The molecule has 3 nitrogen and oxygen atoms in total. The first kappa shape index (κ1) is 13.4. The Labute approximate surface area is 125 Å². The van der Waals surface area contributed by atoms with E-state index in [0.29, 0.717) is 5.69 Å². The van der Waals surface area contributed by atoms with Crippen molar-refractivity contribution in [2.24, 2.45) is 0 Å². The topological polar surface area (TPSA) is 42.0 Å². The van der Waals surface area contributed by atoms with Crippen LogP contribution in [0.2, 0.25) is 0 Å². The molecule has 0 fully saturated rings. The predicted molar refractivity (Wildman–Crippen MR) is 79.0 cm³/mol. The normalized spacial score (nSPS) is 10.2. The van der Waals surface area contributed by atoms with Crippen molar-refractivity contribution in [1.82, 2.24) is 4.98 Å². The number of hydrogen-bond donors (Lipinski definition) is 1. The molecule has 0 aliphatic carbocycles. The Morgan fingerprint density at radius 2 is 2.17 bits per heavy atom. The van der Waals surface area contributed by atoms with Crippen molar-refractivity contribution in [3.8, 4) is 0 Å². The summed E-state index contributed by atoms with van der Waals surface area (Å²) in [5, 5.41) is 2.65. The first-order valence-corrected chi connectivity index (χ1v) is 6.81. The molecule has 0 saturated carbocycles. The van der Waals surface area contributed by atoms with Gasteiger partial charge in [0.2, 0.25) is 0 Å². The Hall–Kier alpha value is -1.02. The second-order valence-corrected chi connectivity index (χ2v) is 5.53. The lowest BCUT2D eigenvalue weighted by molar-refractivity contribution is 0.102. The number of hydrogen-bond acceptors (Lipinski definition) is 2. The molecule has 1 aromatic heterocycles. The van der Waals surface area contributed by atoms with Gasteiger partial charge >= 0.3 is 0 Å². The van der Waals surface area contributed by atoms with Gasteiger partial charge in [0, 0.05) is 14.2 Å². The van der Waals surface area contributed by atoms with Crippen molar-refractivity contribution < 1.29 is 9.18 Å². The summed E-state index contributed by atoms with van der Waals surface area (Å²) >= 11 is 5.46. The molecule has 1 aromatic carbocycles. The second kappa shape index (κ2) is 5.75. The Bertz CT molecular complexity index is 606. The van der Waals surface area contributed by atoms with Crippen LogP contribution in [0.1, 0.15) is 10.4 Å². The average Bonchev–Trinajstić information content (AvgIpc) is 2.34. The predicted octanol–water partition coefficient (Wildman–Crippen LogP) is 3.84. The van der Waals surface area contributed by atoms with Gasteiger partial charge in [-0.15, -0.1) is 0 Å². The molecule has 2 aromatic rings. The van der Waals surface area contributed by atoms with Gasteiger partial charge in [-0.25, -0.2) is 4.39 Å². The average molecular weight is 421 g/mol. The molecule has 0 spiro atoms. The van der Waals surface area contributed by atoms with E-state index in [-0.39, 0.29) is 5.56 Å². The number of rotatable bonds is 2. The molecule has 1 heterocycles. The highest BCUT2D eigenvalue weighted by Gasteiger charge is 2.12. The summed E-state index contributed by atoms with van der Waals surface area (Å²) in [6.45, 7) is 0. The summed E-state index contributed by atoms with van der Waals surface area (Å²) in [5.41, 5.74) is 0.568. The van der Waals surface area contributed by atoms with E-state index in [4.69, 9.17) is 0 Å². The number of nitrogens with zero attached hydrogens (tertiary/aromatic N) is 1. The fourth-order valence-corrected chi connectivity index (χ4v) is 2.18. The van der Waals surface area contributed by atoms with Gasteiger partial charge in [0.1, 0.15) is 0 Å². The third-order valence-corrected chi connectivity index (χ3v) is 3.56. The number of halogens is 3. The van der Waals surface area contributed by atoms with Crippen LogP contribution in [0.4, 0.5) is 10.1 Å². The fraction of sp³-hybridized carbons (Fsp3) is 0. The van der Waals surface area contributed by atoms with E-state index in [1.807, 2.05) is 12.1 Å². The van der Waals surface area contributed by atoms with Gasteiger partial charge < -0.3 is 5.32 Å². The molecule has 1 amide bonds. The molecule has 0 aliphatic heterocycles. The van der Waals surface area contributed by atoms with Gasteiger partial charge in [-0.2, -0.15) is 0 Å². The van der Waals surface area contributed by atoms with Gasteiger partial charge in [0.05, 0.1) is 17.4 Å². The molecule has 0 atom stereocenters. The number of nitrogens with one attached hydrogen (secondary N) is 1. The maximum absolute atomic E-state index is 13.4. The maximum Gasteiger partial charge on any atom is 0.258 e. The minimum atomic E-state index is -0.642. The molecule has 92 valence electrons. The van der Waals surface area contributed by atoms with Crippen LogP contribution in [0.3, 0.4) is 0 Å². The Morgan fingerprint density at radius 1 is 1.39 bits per heavy atom. The minimum absolute atomic E-state index is 0.0317. The largest absolute Gasteiger partial charge is 0.321 e. The van der Waals surface area contributed by atoms with Gasteiger partial charge in [0.15, 0.2) is 5.82 Å². The highest BCUT2D eigenvalue weighted by molar-refractivity contribution is 14.1. The highest BCUT2D eigenvalue weighted by Crippen LogP contribution is 2.25. The molecule has 6 heteroatoms. The highest BCUT2D eigenvalue weighted by atomic mass is 127. The molecule has 0 radical (unpaired) electrons. The van der Waals surface area contributed by atoms with Crippen molar-refractivity contribution >= 4 is 50.1 Å². The summed E-state index contributed by atoms with van der Waals surface area (Å²) in [7, 11) is 0. The first-order valence-electron chi connectivity index (χ1n) is 4.94. The summed E-state index contributed by atoms with van der Waals surface area (Å²) in [6.07, 6.45) is 2.39. The third-order valence-electron chi connectivity index (χ3n) is 2.19. The van der Waals surface area contributed by atoms with Crippen LogP contribution in [0.5, 0.6) is 0 Å². The number of carbonyl (C=O) groups excluding carboxylic acids is 1. The van der Waals surface area contributed by atoms with Crippen molar-refractivity contribution in [1.29, 1.82) is 0 Å². The first-order chi connectivity index (χ1) is 8.58. The Kier molecular flexibility index (Phi) is 4.28. The second-order valence-electron chi connectivity index (χ2n) is 3.43. The molecule has 0 aliphatic rings. The van der Waals surface area contributed by atoms with Gasteiger partial charge in [-0.1, -0.05) is 0 Å². The van der Waals surface area contributed by atoms with Gasteiger partial charge in [-0.3, -0.25) is 9.78 Å².